The zero-order chi connectivity index (χ0) is 31.2. The van der Waals surface area contributed by atoms with E-state index in [9.17, 15) is 35.9 Å². The van der Waals surface area contributed by atoms with Crippen LogP contribution < -0.4 is 0 Å². The quantitative estimate of drug-likeness (QED) is 0.303. The number of rotatable bonds is 5. The topological polar surface area (TPSA) is 71.3 Å². The Kier molecular flexibility index (Phi) is 8.51. The number of nitrogens with zero attached hydrogens (tertiary/aromatic N) is 5. The van der Waals surface area contributed by atoms with Crippen LogP contribution in [0.3, 0.4) is 0 Å². The van der Waals surface area contributed by atoms with Gasteiger partial charge in [-0.1, -0.05) is 34.1 Å². The fourth-order valence-corrected chi connectivity index (χ4v) is 5.79. The van der Waals surface area contributed by atoms with Crippen molar-refractivity contribution in [1.82, 2.24) is 24.6 Å². The summed E-state index contributed by atoms with van der Waals surface area (Å²) in [6.07, 6.45) is -7.37. The number of carbonyl (C=O) groups is 2. The smallest absolute Gasteiger partial charge is 0.335 e. The second kappa shape index (κ2) is 11.3. The van der Waals surface area contributed by atoms with Crippen molar-refractivity contribution in [2.24, 2.45) is 0 Å². The maximum Gasteiger partial charge on any atom is 0.416 e. The molecule has 1 aliphatic heterocycles. The van der Waals surface area contributed by atoms with Crippen LogP contribution in [0, 0.1) is 0 Å². The van der Waals surface area contributed by atoms with E-state index in [0.717, 1.165) is 12.1 Å². The van der Waals surface area contributed by atoms with E-state index < -0.39 is 41.0 Å². The summed E-state index contributed by atoms with van der Waals surface area (Å²) in [5.74, 6) is -1.29. The van der Waals surface area contributed by atoms with Crippen molar-refractivity contribution in [3.63, 3.8) is 0 Å². The molecule has 0 spiro atoms. The summed E-state index contributed by atoms with van der Waals surface area (Å²) in [6, 6.07) is 0.172. The second-order valence-corrected chi connectivity index (χ2v) is 12.2. The van der Waals surface area contributed by atoms with Gasteiger partial charge in [0, 0.05) is 42.0 Å². The molecule has 7 nitrogen and oxygen atoms in total. The first-order valence-electron chi connectivity index (χ1n) is 13.3. The molecule has 3 aromatic rings. The van der Waals surface area contributed by atoms with Gasteiger partial charge >= 0.3 is 12.4 Å². The monoisotopic (exact) mass is 615 g/mol. The molecule has 3 heterocycles. The second-order valence-electron chi connectivity index (χ2n) is 11.3. The zero-order valence-corrected chi connectivity index (χ0v) is 24.5. The van der Waals surface area contributed by atoms with Gasteiger partial charge in [-0.25, -0.2) is 9.67 Å². The van der Waals surface area contributed by atoms with Gasteiger partial charge in [0.05, 0.1) is 34.3 Å². The summed E-state index contributed by atoms with van der Waals surface area (Å²) in [4.78, 5) is 34.2. The highest BCUT2D eigenvalue weighted by Crippen LogP contribution is 2.37. The Morgan fingerprint density at radius 2 is 1.60 bits per heavy atom. The summed E-state index contributed by atoms with van der Waals surface area (Å²) < 4.78 is 81.6. The third kappa shape index (κ3) is 6.47. The molecule has 0 aliphatic carbocycles. The van der Waals surface area contributed by atoms with Crippen LogP contribution in [0.5, 0.6) is 0 Å². The van der Waals surface area contributed by atoms with E-state index in [2.05, 4.69) is 5.10 Å². The highest BCUT2D eigenvalue weighted by atomic mass is 32.1. The molecule has 1 atom stereocenters. The van der Waals surface area contributed by atoms with Crippen LogP contribution >= 0.6 is 11.3 Å². The first kappa shape index (κ1) is 31.5. The van der Waals surface area contributed by atoms with Crippen LogP contribution in [0.15, 0.2) is 29.8 Å². The minimum absolute atomic E-state index is 0.0134. The van der Waals surface area contributed by atoms with E-state index >= 15 is 0 Å². The molecule has 1 unspecified atom stereocenters. The molecule has 2 aromatic heterocycles. The highest BCUT2D eigenvalue weighted by Gasteiger charge is 2.39. The number of thiazole rings is 1. The van der Waals surface area contributed by atoms with E-state index in [1.54, 1.807) is 11.6 Å². The van der Waals surface area contributed by atoms with Crippen molar-refractivity contribution >= 4 is 23.2 Å². The van der Waals surface area contributed by atoms with Gasteiger partial charge in [-0.2, -0.15) is 31.4 Å². The summed E-state index contributed by atoms with van der Waals surface area (Å²) in [7, 11) is 0. The lowest BCUT2D eigenvalue weighted by Gasteiger charge is -2.40. The normalized spacial score (nSPS) is 16.7. The van der Waals surface area contributed by atoms with Crippen LogP contribution in [0.4, 0.5) is 26.3 Å². The minimum atomic E-state index is -5.07. The van der Waals surface area contributed by atoms with Crippen LogP contribution in [-0.4, -0.2) is 62.1 Å². The number of amides is 2. The first-order chi connectivity index (χ1) is 19.4. The van der Waals surface area contributed by atoms with Gasteiger partial charge in [-0.05, 0) is 31.5 Å². The Morgan fingerprint density at radius 1 is 0.976 bits per heavy atom. The van der Waals surface area contributed by atoms with Crippen molar-refractivity contribution in [3.05, 3.63) is 63.4 Å². The van der Waals surface area contributed by atoms with Gasteiger partial charge in [0.2, 0.25) is 5.13 Å². The standard InChI is InChI=1S/C28H31F6N5O2S/c1-6-7-21-20(13-35-39(21)25-36-22(15-42-25)26(3,4)5)24(41)37-8-9-38(16(2)14-37)23(40)17-10-18(27(29,30)31)12-19(11-17)28(32,33)34/h10-13,15-16H,6-9,14H2,1-5H3. The Hall–Kier alpha value is -3.42. The van der Waals surface area contributed by atoms with Crippen molar-refractivity contribution in [2.75, 3.05) is 19.6 Å². The van der Waals surface area contributed by atoms with Crippen molar-refractivity contribution in [1.29, 1.82) is 0 Å². The molecule has 228 valence electrons. The largest absolute Gasteiger partial charge is 0.416 e. The SMILES string of the molecule is CCCc1c(C(=O)N2CCN(C(=O)c3cc(C(F)(F)F)cc(C(F)(F)F)c3)C(C)C2)cnn1-c1nc(C(C)(C)C)cs1. The van der Waals surface area contributed by atoms with Gasteiger partial charge in [-0.3, -0.25) is 9.59 Å². The van der Waals surface area contributed by atoms with Gasteiger partial charge < -0.3 is 9.80 Å². The van der Waals surface area contributed by atoms with Crippen molar-refractivity contribution in [3.8, 4) is 5.13 Å². The number of halogens is 6. The van der Waals surface area contributed by atoms with E-state index in [1.165, 1.54) is 27.3 Å². The number of piperazine rings is 1. The molecule has 1 saturated heterocycles. The van der Waals surface area contributed by atoms with E-state index in [0.29, 0.717) is 34.9 Å². The number of carbonyl (C=O) groups excluding carboxylic acids is 2. The molecule has 14 heteroatoms. The molecule has 0 bridgehead atoms. The summed E-state index contributed by atoms with van der Waals surface area (Å²) in [6.45, 7) is 9.72. The van der Waals surface area contributed by atoms with E-state index in [1.807, 2.05) is 33.1 Å². The molecule has 0 N–H and O–H groups in total. The molecular formula is C28H31F6N5O2S. The third-order valence-corrected chi connectivity index (χ3v) is 7.85. The number of alkyl halides is 6. The number of aromatic nitrogens is 3. The number of benzene rings is 1. The summed E-state index contributed by atoms with van der Waals surface area (Å²) >= 11 is 1.42. The molecule has 0 saturated carbocycles. The van der Waals surface area contributed by atoms with Gasteiger partial charge in [-0.15, -0.1) is 11.3 Å². The molecule has 0 radical (unpaired) electrons. The first-order valence-corrected chi connectivity index (χ1v) is 14.2. The van der Waals surface area contributed by atoms with Crippen LogP contribution in [0.2, 0.25) is 0 Å². The maximum absolute atomic E-state index is 13.6. The van der Waals surface area contributed by atoms with Gasteiger partial charge in [0.15, 0.2) is 0 Å². The molecular weight excluding hydrogens is 584 g/mol. The number of hydrogen-bond donors (Lipinski definition) is 0. The molecule has 1 aromatic carbocycles. The lowest BCUT2D eigenvalue weighted by molar-refractivity contribution is -0.143. The predicted octanol–water partition coefficient (Wildman–Crippen LogP) is 6.60. The van der Waals surface area contributed by atoms with E-state index in [4.69, 9.17) is 4.98 Å². The zero-order valence-electron chi connectivity index (χ0n) is 23.7. The molecule has 4 rings (SSSR count). The lowest BCUT2D eigenvalue weighted by atomic mass is 9.93. The maximum atomic E-state index is 13.6. The minimum Gasteiger partial charge on any atom is -0.335 e. The summed E-state index contributed by atoms with van der Waals surface area (Å²) in [5.41, 5.74) is -2.04. The average molecular weight is 616 g/mol. The Balaban J connectivity index is 1.56. The fourth-order valence-electron chi connectivity index (χ4n) is 4.76. The molecule has 1 aliphatic rings. The third-order valence-electron chi connectivity index (χ3n) is 7.04. The van der Waals surface area contributed by atoms with E-state index in [-0.39, 0.29) is 37.0 Å². The van der Waals surface area contributed by atoms with Gasteiger partial charge in [0.1, 0.15) is 0 Å². The molecule has 1 fully saturated rings. The Labute approximate surface area is 243 Å². The Morgan fingerprint density at radius 3 is 2.10 bits per heavy atom. The molecule has 2 amide bonds. The Bertz CT molecular complexity index is 1440. The molecule has 42 heavy (non-hydrogen) atoms. The number of hydrogen-bond acceptors (Lipinski definition) is 5. The predicted molar refractivity (Wildman–Crippen MR) is 145 cm³/mol. The van der Waals surface area contributed by atoms with Crippen molar-refractivity contribution in [2.45, 2.75) is 71.3 Å². The summed E-state index contributed by atoms with van der Waals surface area (Å²) in [5, 5.41) is 7.03. The van der Waals surface area contributed by atoms with Crippen LogP contribution in [-0.2, 0) is 24.2 Å². The fraction of sp³-hybridized carbons (Fsp3) is 0.500. The lowest BCUT2D eigenvalue weighted by Crippen LogP contribution is -2.55. The van der Waals surface area contributed by atoms with Gasteiger partial charge in [0.25, 0.3) is 11.8 Å². The van der Waals surface area contributed by atoms with Crippen LogP contribution in [0.25, 0.3) is 5.13 Å². The average Bonchev–Trinajstić information content (AvgIpc) is 3.54. The van der Waals surface area contributed by atoms with Crippen LogP contribution in [0.1, 0.15) is 84.3 Å². The highest BCUT2D eigenvalue weighted by molar-refractivity contribution is 7.12. The van der Waals surface area contributed by atoms with Crippen molar-refractivity contribution < 1.29 is 35.9 Å².